The molecule has 0 aromatic heterocycles. The molecule has 0 aliphatic rings. The van der Waals surface area contributed by atoms with Crippen LogP contribution in [0.15, 0.2) is 85.1 Å². The number of rotatable bonds is 39. The van der Waals surface area contributed by atoms with Crippen molar-refractivity contribution in [3.63, 3.8) is 0 Å². The SMILES string of the molecule is CCCCCCCC/C=C\C/C=C\C/C=C\CCCC(=O)O[C@H](COC(=O)CCC[C@@H](O)/C=C/C=C\C/C=C\C=C\[C@@H](O)CCCCC)COP(=O)([O-])OCC[N+](C)(C)C. The maximum Gasteiger partial charge on any atom is 0.306 e. The Morgan fingerprint density at radius 2 is 1.13 bits per heavy atom. The number of phosphoric acid groups is 1. The summed E-state index contributed by atoms with van der Waals surface area (Å²) in [6.45, 7) is 3.77. The van der Waals surface area contributed by atoms with E-state index in [0.29, 0.717) is 43.1 Å². The van der Waals surface area contributed by atoms with Crippen molar-refractivity contribution in [2.75, 3.05) is 47.5 Å². The van der Waals surface area contributed by atoms with Gasteiger partial charge >= 0.3 is 11.9 Å². The van der Waals surface area contributed by atoms with E-state index < -0.39 is 44.7 Å². The van der Waals surface area contributed by atoms with E-state index in [2.05, 4.69) is 44.2 Å². The molecule has 0 spiro atoms. The second kappa shape index (κ2) is 39.0. The van der Waals surface area contributed by atoms with Crippen LogP contribution in [0.1, 0.15) is 142 Å². The Morgan fingerprint density at radius 1 is 0.617 bits per heavy atom. The topological polar surface area (TPSA) is 152 Å². The molecule has 0 saturated heterocycles. The third-order valence-corrected chi connectivity index (χ3v) is 10.1. The lowest BCUT2D eigenvalue weighted by Gasteiger charge is -2.28. The molecule has 2 N–H and O–H groups in total. The van der Waals surface area contributed by atoms with Crippen LogP contribution >= 0.6 is 7.82 Å². The van der Waals surface area contributed by atoms with Crippen LogP contribution in [0, 0.1) is 0 Å². The van der Waals surface area contributed by atoms with E-state index in [4.69, 9.17) is 18.5 Å². The maximum atomic E-state index is 12.7. The normalized spacial score (nSPS) is 15.4. The summed E-state index contributed by atoms with van der Waals surface area (Å²) in [5.41, 5.74) is 0. The number of phosphoric ester groups is 1. The van der Waals surface area contributed by atoms with Gasteiger partial charge in [0.2, 0.25) is 0 Å². The first-order valence-corrected chi connectivity index (χ1v) is 24.0. The van der Waals surface area contributed by atoms with Crippen molar-refractivity contribution in [2.45, 2.75) is 161 Å². The Morgan fingerprint density at radius 3 is 1.75 bits per heavy atom. The van der Waals surface area contributed by atoms with Crippen LogP contribution in [0.2, 0.25) is 0 Å². The fourth-order valence-corrected chi connectivity index (χ4v) is 6.20. The molecule has 60 heavy (non-hydrogen) atoms. The van der Waals surface area contributed by atoms with E-state index in [1.165, 1.54) is 38.5 Å². The average Bonchev–Trinajstić information content (AvgIpc) is 3.19. The summed E-state index contributed by atoms with van der Waals surface area (Å²) in [5, 5.41) is 20.2. The van der Waals surface area contributed by atoms with Crippen molar-refractivity contribution in [1.82, 2.24) is 0 Å². The van der Waals surface area contributed by atoms with Crippen LogP contribution in [0.4, 0.5) is 0 Å². The monoisotopic (exact) mass is 864 g/mol. The third-order valence-electron chi connectivity index (χ3n) is 9.10. The number of carbonyl (C=O) groups is 2. The van der Waals surface area contributed by atoms with Gasteiger partial charge < -0.3 is 38.1 Å². The van der Waals surface area contributed by atoms with Crippen LogP contribution in [0.25, 0.3) is 0 Å². The van der Waals surface area contributed by atoms with E-state index >= 15 is 0 Å². The van der Waals surface area contributed by atoms with Crippen molar-refractivity contribution in [3.05, 3.63) is 85.1 Å². The molecule has 1 unspecified atom stereocenters. The standard InChI is InChI=1S/C48H82NO10P/c1-6-8-10-11-12-13-14-15-16-17-18-19-20-21-25-28-32-38-48(53)59-46(43-58-60(54,55)57-41-40-49(3,4)5)42-56-47(52)39-33-37-45(51)36-31-27-24-22-23-26-30-35-44(50)34-29-9-7-2/h15-16,18-19,21,23-27,30-31,35-36,44-46,50-51H,6-14,17,20,22,28-29,32-34,37-43H2,1-5H3/b16-15-,19-18-,25-21-,26-23-,27-24-,35-30+,36-31+/t44-,45-,46+/m0/s1. The number of ether oxygens (including phenoxy) is 2. The van der Waals surface area contributed by atoms with E-state index in [9.17, 15) is 29.3 Å². The molecule has 0 aliphatic carbocycles. The number of aliphatic hydroxyl groups excluding tert-OH is 2. The average molecular weight is 864 g/mol. The molecule has 0 radical (unpaired) electrons. The van der Waals surface area contributed by atoms with Gasteiger partial charge in [-0.1, -0.05) is 150 Å². The molecule has 0 saturated carbocycles. The van der Waals surface area contributed by atoms with Crippen LogP contribution in [0.5, 0.6) is 0 Å². The summed E-state index contributed by atoms with van der Waals surface area (Å²) in [4.78, 5) is 37.5. The zero-order valence-electron chi connectivity index (χ0n) is 37.8. The molecule has 0 rings (SSSR count). The summed E-state index contributed by atoms with van der Waals surface area (Å²) in [7, 11) is 0.993. The molecule has 0 amide bonds. The van der Waals surface area contributed by atoms with Crippen molar-refractivity contribution < 1.29 is 52.3 Å². The number of aliphatic hydroxyl groups is 2. The van der Waals surface area contributed by atoms with Gasteiger partial charge in [-0.15, -0.1) is 0 Å². The number of esters is 2. The second-order valence-electron chi connectivity index (χ2n) is 16.1. The van der Waals surface area contributed by atoms with Crippen LogP contribution in [-0.4, -0.2) is 92.5 Å². The first-order valence-electron chi connectivity index (χ1n) is 22.5. The minimum absolute atomic E-state index is 0.0135. The van der Waals surface area contributed by atoms with E-state index in [-0.39, 0.29) is 26.1 Å². The molecule has 0 aliphatic heterocycles. The van der Waals surface area contributed by atoms with Crippen LogP contribution < -0.4 is 4.89 Å². The van der Waals surface area contributed by atoms with Gasteiger partial charge in [-0.3, -0.25) is 14.2 Å². The molecule has 4 atom stereocenters. The first-order chi connectivity index (χ1) is 28.8. The number of unbranched alkanes of at least 4 members (excludes halogenated alkanes) is 9. The molecule has 0 fully saturated rings. The summed E-state index contributed by atoms with van der Waals surface area (Å²) in [6, 6.07) is 0. The van der Waals surface area contributed by atoms with Gasteiger partial charge in [0.1, 0.15) is 19.8 Å². The molecule has 0 aromatic carbocycles. The molecule has 344 valence electrons. The van der Waals surface area contributed by atoms with Gasteiger partial charge in [0.15, 0.2) is 6.10 Å². The predicted octanol–water partition coefficient (Wildman–Crippen LogP) is 10.1. The van der Waals surface area contributed by atoms with Crippen molar-refractivity contribution >= 4 is 19.8 Å². The van der Waals surface area contributed by atoms with Gasteiger partial charge in [-0.25, -0.2) is 0 Å². The van der Waals surface area contributed by atoms with Gasteiger partial charge in [0, 0.05) is 12.8 Å². The Bertz CT molecular complexity index is 1330. The largest absolute Gasteiger partial charge is 0.756 e. The van der Waals surface area contributed by atoms with E-state index in [1.54, 1.807) is 18.2 Å². The third kappa shape index (κ3) is 41.8. The van der Waals surface area contributed by atoms with Gasteiger partial charge in [0.25, 0.3) is 7.82 Å². The number of allylic oxidation sites excluding steroid dienone is 12. The van der Waals surface area contributed by atoms with E-state index in [0.717, 1.165) is 44.9 Å². The molecular formula is C48H82NO10P. The zero-order chi connectivity index (χ0) is 44.6. The molecule has 12 heteroatoms. The number of likely N-dealkylation sites (N-methyl/N-ethyl adjacent to an activating group) is 1. The smallest absolute Gasteiger partial charge is 0.306 e. The zero-order valence-corrected chi connectivity index (χ0v) is 38.7. The maximum absolute atomic E-state index is 12.7. The Kier molecular flexibility index (Phi) is 37.1. The summed E-state index contributed by atoms with van der Waals surface area (Å²) < 4.78 is 33.6. The number of quaternary nitrogens is 1. The summed E-state index contributed by atoms with van der Waals surface area (Å²) >= 11 is 0. The summed E-state index contributed by atoms with van der Waals surface area (Å²) in [6.07, 6.45) is 42.6. The Balaban J connectivity index is 4.68. The lowest BCUT2D eigenvalue weighted by molar-refractivity contribution is -0.870. The summed E-state index contributed by atoms with van der Waals surface area (Å²) in [5.74, 6) is -1.13. The van der Waals surface area contributed by atoms with Crippen LogP contribution in [-0.2, 0) is 32.7 Å². The van der Waals surface area contributed by atoms with Gasteiger partial charge in [-0.2, -0.15) is 0 Å². The fourth-order valence-electron chi connectivity index (χ4n) is 5.47. The Labute approximate surface area is 364 Å². The highest BCUT2D eigenvalue weighted by Gasteiger charge is 2.21. The number of hydrogen-bond acceptors (Lipinski definition) is 10. The highest BCUT2D eigenvalue weighted by Crippen LogP contribution is 2.38. The highest BCUT2D eigenvalue weighted by atomic mass is 31.2. The lowest BCUT2D eigenvalue weighted by Crippen LogP contribution is -2.37. The number of hydrogen-bond donors (Lipinski definition) is 2. The van der Waals surface area contributed by atoms with Crippen molar-refractivity contribution in [1.29, 1.82) is 0 Å². The predicted molar refractivity (Wildman–Crippen MR) is 243 cm³/mol. The van der Waals surface area contributed by atoms with Crippen molar-refractivity contribution in [3.8, 4) is 0 Å². The first kappa shape index (κ1) is 57.1. The molecule has 0 aromatic rings. The highest BCUT2D eigenvalue weighted by molar-refractivity contribution is 7.45. The van der Waals surface area contributed by atoms with E-state index in [1.807, 2.05) is 57.6 Å². The molecule has 0 heterocycles. The van der Waals surface area contributed by atoms with Crippen LogP contribution in [0.3, 0.4) is 0 Å². The lowest BCUT2D eigenvalue weighted by atomic mass is 10.1. The fraction of sp³-hybridized carbons (Fsp3) is 0.667. The Hall–Kier alpha value is -2.89. The minimum atomic E-state index is -4.70. The number of nitrogens with zero attached hydrogens (tertiary/aromatic N) is 1. The van der Waals surface area contributed by atoms with Crippen molar-refractivity contribution in [2.24, 2.45) is 0 Å². The van der Waals surface area contributed by atoms with Gasteiger partial charge in [-0.05, 0) is 64.2 Å². The number of carbonyl (C=O) groups excluding carboxylic acids is 2. The molecule has 11 nitrogen and oxygen atoms in total. The van der Waals surface area contributed by atoms with Gasteiger partial charge in [0.05, 0.1) is 40.0 Å². The molecular weight excluding hydrogens is 781 g/mol. The minimum Gasteiger partial charge on any atom is -0.756 e. The second-order valence-corrected chi connectivity index (χ2v) is 17.5. The molecule has 0 bridgehead atoms. The quantitative estimate of drug-likeness (QED) is 0.0153.